The minimum atomic E-state index is 0.175. The van der Waals surface area contributed by atoms with Crippen LogP contribution >= 0.6 is 0 Å². The maximum Gasteiger partial charge on any atom is 0.163 e. The van der Waals surface area contributed by atoms with Crippen LogP contribution in [-0.4, -0.2) is 17.4 Å². The first kappa shape index (κ1) is 15.6. The molecule has 0 saturated heterocycles. The Bertz CT molecular complexity index is 872. The molecule has 0 spiro atoms. The first-order valence-electron chi connectivity index (χ1n) is 8.54. The average molecular weight is 329 g/mol. The summed E-state index contributed by atoms with van der Waals surface area (Å²) in [4.78, 5) is 16.6. The Morgan fingerprint density at radius 1 is 0.960 bits per heavy atom. The molecule has 25 heavy (non-hydrogen) atoms. The molecule has 3 heteroatoms. The van der Waals surface area contributed by atoms with Crippen LogP contribution in [-0.2, 0) is 6.42 Å². The van der Waals surface area contributed by atoms with E-state index in [4.69, 9.17) is 4.74 Å². The zero-order valence-electron chi connectivity index (χ0n) is 13.9. The van der Waals surface area contributed by atoms with Crippen molar-refractivity contribution in [2.75, 3.05) is 6.61 Å². The Labute approximate surface area is 147 Å². The highest BCUT2D eigenvalue weighted by Gasteiger charge is 2.22. The fourth-order valence-electron chi connectivity index (χ4n) is 3.29. The van der Waals surface area contributed by atoms with E-state index in [9.17, 15) is 4.79 Å². The summed E-state index contributed by atoms with van der Waals surface area (Å²) in [6.45, 7) is 0.609. The van der Waals surface area contributed by atoms with Crippen molar-refractivity contribution in [3.05, 3.63) is 84.2 Å². The third-order valence-electron chi connectivity index (χ3n) is 4.65. The third kappa shape index (κ3) is 3.45. The summed E-state index contributed by atoms with van der Waals surface area (Å²) in [5.74, 6) is 1.37. The molecule has 0 N–H and O–H groups in total. The number of rotatable bonds is 4. The minimum Gasteiger partial charge on any atom is -0.493 e. The molecule has 0 radical (unpaired) electrons. The van der Waals surface area contributed by atoms with Gasteiger partial charge >= 0.3 is 0 Å². The van der Waals surface area contributed by atoms with Crippen LogP contribution in [0.5, 0.6) is 5.75 Å². The van der Waals surface area contributed by atoms with Gasteiger partial charge in [0.25, 0.3) is 0 Å². The highest BCUT2D eigenvalue weighted by molar-refractivity contribution is 5.96. The normalized spacial score (nSPS) is 15.9. The lowest BCUT2D eigenvalue weighted by molar-refractivity contribution is 0.0934. The molecule has 1 aliphatic heterocycles. The van der Waals surface area contributed by atoms with Gasteiger partial charge in [0.1, 0.15) is 5.75 Å². The van der Waals surface area contributed by atoms with Crippen molar-refractivity contribution in [2.24, 2.45) is 5.92 Å². The number of nitrogens with zero attached hydrogens (tertiary/aromatic N) is 1. The second kappa shape index (κ2) is 6.89. The number of fused-ring (bicyclic) bond motifs is 1. The number of Topliss-reactive ketones (excluding diaryl/α,β-unsaturated/α-hetero) is 1. The number of para-hydroxylation sites is 1. The maximum absolute atomic E-state index is 12.6. The van der Waals surface area contributed by atoms with E-state index >= 15 is 0 Å². The monoisotopic (exact) mass is 329 g/mol. The number of ether oxygens (including phenoxy) is 1. The SMILES string of the molecule is O=C(CC1COc2ccccc2C1)c1ccc(-c2ccncc2)cc1. The minimum absolute atomic E-state index is 0.175. The standard InChI is InChI=1S/C22H19NO2/c24-21(14-16-13-20-3-1-2-4-22(20)25-15-16)19-7-5-17(6-8-19)18-9-11-23-12-10-18/h1-12,16H,13-15H2. The van der Waals surface area contributed by atoms with E-state index in [0.29, 0.717) is 13.0 Å². The zero-order valence-corrected chi connectivity index (χ0v) is 13.9. The quantitative estimate of drug-likeness (QED) is 0.658. The van der Waals surface area contributed by atoms with Crippen LogP contribution in [0.15, 0.2) is 73.1 Å². The van der Waals surface area contributed by atoms with Crippen LogP contribution in [0.25, 0.3) is 11.1 Å². The molecule has 0 aliphatic carbocycles. The Morgan fingerprint density at radius 3 is 2.48 bits per heavy atom. The molecule has 2 aromatic carbocycles. The average Bonchev–Trinajstić information content (AvgIpc) is 2.69. The molecule has 1 aromatic heterocycles. The van der Waals surface area contributed by atoms with Gasteiger partial charge in [0, 0.05) is 30.3 Å². The third-order valence-corrected chi connectivity index (χ3v) is 4.65. The molecule has 1 atom stereocenters. The molecule has 0 saturated carbocycles. The predicted molar refractivity (Wildman–Crippen MR) is 97.8 cm³/mol. The van der Waals surface area contributed by atoms with Crippen LogP contribution in [0, 0.1) is 5.92 Å². The van der Waals surface area contributed by atoms with Crippen molar-refractivity contribution in [1.29, 1.82) is 0 Å². The van der Waals surface area contributed by atoms with E-state index < -0.39 is 0 Å². The Morgan fingerprint density at radius 2 is 1.68 bits per heavy atom. The number of hydrogen-bond donors (Lipinski definition) is 0. The van der Waals surface area contributed by atoms with E-state index in [0.717, 1.165) is 28.9 Å². The summed E-state index contributed by atoms with van der Waals surface area (Å²) in [6, 6.07) is 19.8. The van der Waals surface area contributed by atoms with Crippen molar-refractivity contribution in [1.82, 2.24) is 4.98 Å². The van der Waals surface area contributed by atoms with Crippen molar-refractivity contribution in [3.8, 4) is 16.9 Å². The van der Waals surface area contributed by atoms with Gasteiger partial charge in [0.2, 0.25) is 0 Å². The van der Waals surface area contributed by atoms with Gasteiger partial charge < -0.3 is 4.74 Å². The van der Waals surface area contributed by atoms with Gasteiger partial charge in [-0.25, -0.2) is 0 Å². The van der Waals surface area contributed by atoms with Gasteiger partial charge in [0.05, 0.1) is 6.61 Å². The fraction of sp³-hybridized carbons (Fsp3) is 0.182. The highest BCUT2D eigenvalue weighted by Crippen LogP contribution is 2.29. The number of carbonyl (C=O) groups is 1. The summed E-state index contributed by atoms with van der Waals surface area (Å²) >= 11 is 0. The number of benzene rings is 2. The molecular formula is C22H19NO2. The smallest absolute Gasteiger partial charge is 0.163 e. The number of carbonyl (C=O) groups excluding carboxylic acids is 1. The second-order valence-electron chi connectivity index (χ2n) is 6.43. The number of aromatic nitrogens is 1. The van der Waals surface area contributed by atoms with E-state index in [-0.39, 0.29) is 11.7 Å². The van der Waals surface area contributed by atoms with Gasteiger partial charge in [0.15, 0.2) is 5.78 Å². The van der Waals surface area contributed by atoms with Crippen LogP contribution in [0.4, 0.5) is 0 Å². The van der Waals surface area contributed by atoms with Gasteiger partial charge in [-0.2, -0.15) is 0 Å². The second-order valence-corrected chi connectivity index (χ2v) is 6.43. The van der Waals surface area contributed by atoms with Crippen molar-refractivity contribution < 1.29 is 9.53 Å². The largest absolute Gasteiger partial charge is 0.493 e. The molecule has 0 amide bonds. The fourth-order valence-corrected chi connectivity index (χ4v) is 3.29. The molecule has 1 unspecified atom stereocenters. The van der Waals surface area contributed by atoms with Gasteiger partial charge in [-0.05, 0) is 41.3 Å². The number of pyridine rings is 1. The highest BCUT2D eigenvalue weighted by atomic mass is 16.5. The van der Waals surface area contributed by atoms with Gasteiger partial charge in [-0.3, -0.25) is 9.78 Å². The molecule has 124 valence electrons. The Hall–Kier alpha value is -2.94. The van der Waals surface area contributed by atoms with E-state index in [2.05, 4.69) is 11.1 Å². The lowest BCUT2D eigenvalue weighted by Crippen LogP contribution is -2.23. The van der Waals surface area contributed by atoms with Crippen LogP contribution in [0.2, 0.25) is 0 Å². The lowest BCUT2D eigenvalue weighted by Gasteiger charge is -2.24. The summed E-state index contributed by atoms with van der Waals surface area (Å²) in [6.07, 6.45) is 4.96. The molecule has 0 bridgehead atoms. The van der Waals surface area contributed by atoms with Crippen molar-refractivity contribution >= 4 is 5.78 Å². The lowest BCUT2D eigenvalue weighted by atomic mass is 9.90. The molecule has 1 aliphatic rings. The predicted octanol–water partition coefficient (Wildman–Crippen LogP) is 4.57. The van der Waals surface area contributed by atoms with Gasteiger partial charge in [-0.15, -0.1) is 0 Å². The first-order chi connectivity index (χ1) is 12.3. The topological polar surface area (TPSA) is 39.2 Å². The summed E-state index contributed by atoms with van der Waals surface area (Å²) in [7, 11) is 0. The number of hydrogen-bond acceptors (Lipinski definition) is 3. The molecule has 0 fully saturated rings. The maximum atomic E-state index is 12.6. The Kier molecular flexibility index (Phi) is 4.30. The summed E-state index contributed by atoms with van der Waals surface area (Å²) < 4.78 is 5.79. The van der Waals surface area contributed by atoms with E-state index in [1.54, 1.807) is 12.4 Å². The van der Waals surface area contributed by atoms with E-state index in [1.807, 2.05) is 54.6 Å². The van der Waals surface area contributed by atoms with Crippen LogP contribution < -0.4 is 4.74 Å². The summed E-state index contributed by atoms with van der Waals surface area (Å²) in [5.41, 5.74) is 4.15. The first-order valence-corrected chi connectivity index (χ1v) is 8.54. The molecular weight excluding hydrogens is 310 g/mol. The number of ketones is 1. The van der Waals surface area contributed by atoms with Crippen molar-refractivity contribution in [2.45, 2.75) is 12.8 Å². The van der Waals surface area contributed by atoms with Crippen LogP contribution in [0.3, 0.4) is 0 Å². The zero-order chi connectivity index (χ0) is 17.1. The molecule has 3 nitrogen and oxygen atoms in total. The van der Waals surface area contributed by atoms with Crippen molar-refractivity contribution in [3.63, 3.8) is 0 Å². The molecule has 3 aromatic rings. The molecule has 4 rings (SSSR count). The Balaban J connectivity index is 1.43. The van der Waals surface area contributed by atoms with Gasteiger partial charge in [-0.1, -0.05) is 42.5 Å². The van der Waals surface area contributed by atoms with Crippen LogP contribution in [0.1, 0.15) is 22.3 Å². The van der Waals surface area contributed by atoms with E-state index in [1.165, 1.54) is 5.56 Å². The molecule has 2 heterocycles. The summed E-state index contributed by atoms with van der Waals surface area (Å²) in [5, 5.41) is 0.